The van der Waals surface area contributed by atoms with Crippen molar-refractivity contribution in [3.63, 3.8) is 0 Å². The molecule has 4 nitrogen and oxygen atoms in total. The zero-order valence-corrected chi connectivity index (χ0v) is 16.8. The van der Waals surface area contributed by atoms with Crippen molar-refractivity contribution in [2.45, 2.75) is 12.4 Å². The van der Waals surface area contributed by atoms with Crippen LogP contribution in [-0.2, 0) is 12.4 Å². The van der Waals surface area contributed by atoms with E-state index in [1.165, 1.54) is 26.6 Å². The second-order valence-corrected chi connectivity index (χ2v) is 6.75. The van der Waals surface area contributed by atoms with Gasteiger partial charge in [0.05, 0.1) is 30.1 Å². The highest BCUT2D eigenvalue weighted by molar-refractivity contribution is 6.08. The van der Waals surface area contributed by atoms with Gasteiger partial charge in [-0.2, -0.15) is 26.3 Å². The van der Waals surface area contributed by atoms with Crippen molar-refractivity contribution in [1.29, 1.82) is 0 Å². The average molecular weight is 454 g/mol. The van der Waals surface area contributed by atoms with E-state index in [9.17, 15) is 31.1 Å². The summed E-state index contributed by atoms with van der Waals surface area (Å²) in [5, 5.41) is 0. The number of pyridine rings is 1. The Morgan fingerprint density at radius 1 is 0.906 bits per heavy atom. The molecule has 0 N–H and O–H groups in total. The number of rotatable bonds is 4. The molecule has 0 aliphatic rings. The van der Waals surface area contributed by atoms with Crippen molar-refractivity contribution in [1.82, 2.24) is 4.98 Å². The molecule has 10 heteroatoms. The molecule has 1 heterocycles. The topological polar surface area (TPSA) is 42.4 Å². The lowest BCUT2D eigenvalue weighted by Gasteiger charge is -2.22. The summed E-state index contributed by atoms with van der Waals surface area (Å²) in [6.07, 6.45) is -7.40. The van der Waals surface area contributed by atoms with E-state index in [1.54, 1.807) is 30.3 Å². The van der Waals surface area contributed by atoms with E-state index in [0.29, 0.717) is 29.0 Å². The number of hydrogen-bond acceptors (Lipinski definition) is 3. The standard InChI is InChI=1S/C22H16F6N2O2/c1-30(18-12-29-8-7-16(18)17-5-3-4-6-19(17)32-2)20(31)13-9-14(21(23,24)25)11-15(10-13)22(26,27)28/h3-12H,1-2H3. The van der Waals surface area contributed by atoms with Crippen LogP contribution in [-0.4, -0.2) is 25.0 Å². The summed E-state index contributed by atoms with van der Waals surface area (Å²) in [6, 6.07) is 9.13. The zero-order valence-electron chi connectivity index (χ0n) is 16.8. The molecule has 0 aliphatic carbocycles. The monoisotopic (exact) mass is 454 g/mol. The summed E-state index contributed by atoms with van der Waals surface area (Å²) >= 11 is 0. The number of halogens is 6. The van der Waals surface area contributed by atoms with Crippen LogP contribution in [0.5, 0.6) is 5.75 Å². The van der Waals surface area contributed by atoms with E-state index < -0.39 is 35.0 Å². The third-order valence-corrected chi connectivity index (χ3v) is 4.70. The Morgan fingerprint density at radius 3 is 2.06 bits per heavy atom. The Labute approximate surface area is 179 Å². The van der Waals surface area contributed by atoms with Crippen LogP contribution in [0.2, 0.25) is 0 Å². The van der Waals surface area contributed by atoms with Gasteiger partial charge in [0.1, 0.15) is 5.75 Å². The summed E-state index contributed by atoms with van der Waals surface area (Å²) in [5.74, 6) is -0.607. The molecule has 0 saturated carbocycles. The Bertz CT molecular complexity index is 1110. The van der Waals surface area contributed by atoms with Crippen LogP contribution in [0.3, 0.4) is 0 Å². The van der Waals surface area contributed by atoms with Gasteiger partial charge in [0, 0.05) is 29.9 Å². The highest BCUT2D eigenvalue weighted by Crippen LogP contribution is 2.38. The van der Waals surface area contributed by atoms with Crippen LogP contribution in [0.1, 0.15) is 21.5 Å². The van der Waals surface area contributed by atoms with Crippen molar-refractivity contribution in [3.8, 4) is 16.9 Å². The first-order valence-corrected chi connectivity index (χ1v) is 9.08. The third-order valence-electron chi connectivity index (χ3n) is 4.70. The Balaban J connectivity index is 2.11. The number of methoxy groups -OCH3 is 1. The number of para-hydroxylation sites is 1. The van der Waals surface area contributed by atoms with Gasteiger partial charge in [-0.05, 0) is 30.3 Å². The highest BCUT2D eigenvalue weighted by atomic mass is 19.4. The molecule has 0 saturated heterocycles. The van der Waals surface area contributed by atoms with Gasteiger partial charge in [0.15, 0.2) is 0 Å². The number of hydrogen-bond donors (Lipinski definition) is 0. The van der Waals surface area contributed by atoms with Crippen LogP contribution in [0.4, 0.5) is 32.0 Å². The lowest BCUT2D eigenvalue weighted by atomic mass is 10.0. The minimum atomic E-state index is -5.06. The van der Waals surface area contributed by atoms with Crippen molar-refractivity contribution >= 4 is 11.6 Å². The van der Waals surface area contributed by atoms with E-state index >= 15 is 0 Å². The van der Waals surface area contributed by atoms with Crippen molar-refractivity contribution in [2.24, 2.45) is 0 Å². The molecular weight excluding hydrogens is 438 g/mol. The molecule has 168 valence electrons. The van der Waals surface area contributed by atoms with E-state index in [4.69, 9.17) is 4.74 Å². The van der Waals surface area contributed by atoms with E-state index in [-0.39, 0.29) is 11.8 Å². The molecule has 0 atom stereocenters. The molecule has 0 aliphatic heterocycles. The van der Waals surface area contributed by atoms with Gasteiger partial charge in [-0.1, -0.05) is 18.2 Å². The fraction of sp³-hybridized carbons (Fsp3) is 0.182. The maximum absolute atomic E-state index is 13.2. The number of carbonyl (C=O) groups excluding carboxylic acids is 1. The lowest BCUT2D eigenvalue weighted by molar-refractivity contribution is -0.143. The second kappa shape index (κ2) is 8.52. The van der Waals surface area contributed by atoms with Crippen molar-refractivity contribution in [2.75, 3.05) is 19.1 Å². The van der Waals surface area contributed by atoms with Crippen molar-refractivity contribution < 1.29 is 35.9 Å². The number of benzene rings is 2. The maximum atomic E-state index is 13.2. The summed E-state index contributed by atoms with van der Waals surface area (Å²) in [5.41, 5.74) is -2.71. The minimum absolute atomic E-state index is 0.0267. The molecular formula is C22H16F6N2O2. The lowest BCUT2D eigenvalue weighted by Crippen LogP contribution is -2.28. The SMILES string of the molecule is COc1ccccc1-c1ccncc1N(C)C(=O)c1cc(C(F)(F)F)cc(C(F)(F)F)c1. The Hall–Kier alpha value is -3.56. The van der Waals surface area contributed by atoms with Crippen LogP contribution in [0.25, 0.3) is 11.1 Å². The molecule has 0 spiro atoms. The molecule has 1 amide bonds. The normalized spacial score (nSPS) is 11.9. The summed E-state index contributed by atoms with van der Waals surface area (Å²) in [7, 11) is 2.68. The van der Waals surface area contributed by atoms with Gasteiger partial charge in [0.25, 0.3) is 5.91 Å². The van der Waals surface area contributed by atoms with Gasteiger partial charge in [0.2, 0.25) is 0 Å². The summed E-state index contributed by atoms with van der Waals surface area (Å²) in [6.45, 7) is 0. The molecule has 0 radical (unpaired) electrons. The molecule has 0 bridgehead atoms. The predicted octanol–water partition coefficient (Wildman–Crippen LogP) is 6.07. The number of anilines is 1. The van der Waals surface area contributed by atoms with E-state index in [1.807, 2.05) is 0 Å². The first-order chi connectivity index (χ1) is 14.9. The van der Waals surface area contributed by atoms with Crippen LogP contribution < -0.4 is 9.64 Å². The average Bonchev–Trinajstić information content (AvgIpc) is 2.76. The first kappa shape index (κ1) is 23.1. The first-order valence-electron chi connectivity index (χ1n) is 9.08. The highest BCUT2D eigenvalue weighted by Gasteiger charge is 2.38. The van der Waals surface area contributed by atoms with Gasteiger partial charge in [-0.25, -0.2) is 0 Å². The summed E-state index contributed by atoms with van der Waals surface area (Å²) < 4.78 is 84.4. The van der Waals surface area contributed by atoms with Gasteiger partial charge in [-0.15, -0.1) is 0 Å². The molecule has 3 aromatic rings. The smallest absolute Gasteiger partial charge is 0.416 e. The molecule has 0 fully saturated rings. The predicted molar refractivity (Wildman–Crippen MR) is 105 cm³/mol. The number of carbonyl (C=O) groups is 1. The fourth-order valence-electron chi connectivity index (χ4n) is 3.13. The molecule has 3 rings (SSSR count). The number of alkyl halides is 6. The van der Waals surface area contributed by atoms with Crippen molar-refractivity contribution in [3.05, 3.63) is 77.6 Å². The van der Waals surface area contributed by atoms with Crippen LogP contribution >= 0.6 is 0 Å². The van der Waals surface area contributed by atoms with Gasteiger partial charge >= 0.3 is 12.4 Å². The van der Waals surface area contributed by atoms with Crippen LogP contribution in [0, 0.1) is 0 Å². The second-order valence-electron chi connectivity index (χ2n) is 6.75. The quantitative estimate of drug-likeness (QED) is 0.450. The fourth-order valence-corrected chi connectivity index (χ4v) is 3.13. The van der Waals surface area contributed by atoms with E-state index in [2.05, 4.69) is 4.98 Å². The number of amides is 1. The van der Waals surface area contributed by atoms with E-state index in [0.717, 1.165) is 4.90 Å². The molecule has 0 unspecified atom stereocenters. The summed E-state index contributed by atoms with van der Waals surface area (Å²) in [4.78, 5) is 17.9. The van der Waals surface area contributed by atoms with Gasteiger partial charge in [-0.3, -0.25) is 9.78 Å². The zero-order chi connectivity index (χ0) is 23.7. The Morgan fingerprint density at radius 2 is 1.50 bits per heavy atom. The minimum Gasteiger partial charge on any atom is -0.496 e. The third kappa shape index (κ3) is 4.68. The maximum Gasteiger partial charge on any atom is 0.416 e. The van der Waals surface area contributed by atoms with Crippen LogP contribution in [0.15, 0.2) is 60.9 Å². The molecule has 32 heavy (non-hydrogen) atoms. The Kier molecular flexibility index (Phi) is 6.16. The van der Waals surface area contributed by atoms with Gasteiger partial charge < -0.3 is 9.64 Å². The molecule has 2 aromatic carbocycles. The number of aromatic nitrogens is 1. The number of nitrogens with zero attached hydrogens (tertiary/aromatic N) is 2. The molecule has 1 aromatic heterocycles. The number of ether oxygens (including phenoxy) is 1. The largest absolute Gasteiger partial charge is 0.496 e.